The highest BCUT2D eigenvalue weighted by Gasteiger charge is 2.40. The van der Waals surface area contributed by atoms with Crippen LogP contribution in [0.4, 0.5) is 0 Å². The van der Waals surface area contributed by atoms with Gasteiger partial charge in [0.15, 0.2) is 6.10 Å². The number of hydrogen-bond donors (Lipinski definition) is 1. The van der Waals surface area contributed by atoms with E-state index in [9.17, 15) is 29.5 Å². The predicted octanol–water partition coefficient (Wildman–Crippen LogP) is 6.70. The Balaban J connectivity index is -0.00000968. The Labute approximate surface area is 282 Å². The van der Waals surface area contributed by atoms with Crippen LogP contribution < -0.4 is 0 Å². The maximum absolute atomic E-state index is 13.1. The molecule has 0 spiro atoms. The molecule has 0 aliphatic rings. The normalized spacial score (nSPS) is 13.1. The molecular weight excluding hydrogens is 610 g/mol. The van der Waals surface area contributed by atoms with Gasteiger partial charge in [0.2, 0.25) is 0 Å². The average molecular weight is 672 g/mol. The first-order valence-corrected chi connectivity index (χ1v) is 15.5. The number of nitrogens with zero attached hydrogens (tertiary/aromatic N) is 1. The number of hydrogen-bond acceptors (Lipinski definition) is 12. The zero-order valence-electron chi connectivity index (χ0n) is 27.9. The van der Waals surface area contributed by atoms with Gasteiger partial charge in [0.1, 0.15) is 38.3 Å². The number of nitriles is 1. The Morgan fingerprint density at radius 2 is 1.38 bits per heavy atom. The lowest BCUT2D eigenvalue weighted by molar-refractivity contribution is -0.279. The number of carbonyl (C=O) groups excluding carboxylic acids is 4. The summed E-state index contributed by atoms with van der Waals surface area (Å²) in [4.78, 5) is 59.1. The fourth-order valence-corrected chi connectivity index (χ4v) is 4.21. The molecule has 0 rings (SSSR count). The number of unbranched alkanes of at least 4 members (excludes halogenated alkanes) is 4. The van der Waals surface area contributed by atoms with E-state index in [2.05, 4.69) is 19.2 Å². The first-order chi connectivity index (χ1) is 21.1. The first-order valence-electron chi connectivity index (χ1n) is 15.5. The van der Waals surface area contributed by atoms with Crippen molar-refractivity contribution in [2.24, 2.45) is 10.8 Å². The molecule has 12 nitrogen and oxygen atoms in total. The molecule has 0 radical (unpaired) electrons. The van der Waals surface area contributed by atoms with E-state index >= 15 is 0 Å². The second kappa shape index (κ2) is 25.6. The summed E-state index contributed by atoms with van der Waals surface area (Å²) in [6.07, 6.45) is 3.35. The van der Waals surface area contributed by atoms with Gasteiger partial charge >= 0.3 is 23.9 Å². The first kappa shape index (κ1) is 48.0. The van der Waals surface area contributed by atoms with Gasteiger partial charge in [-0.05, 0) is 47.0 Å². The monoisotopic (exact) mass is 671 g/mol. The van der Waals surface area contributed by atoms with Gasteiger partial charge in [0.25, 0.3) is 0 Å². The lowest BCUT2D eigenvalue weighted by Gasteiger charge is -2.31. The molecule has 0 saturated carbocycles. The van der Waals surface area contributed by atoms with Gasteiger partial charge in [-0.1, -0.05) is 67.5 Å². The van der Waals surface area contributed by atoms with Crippen molar-refractivity contribution in [2.75, 3.05) is 26.4 Å². The second-order valence-corrected chi connectivity index (χ2v) is 12.2. The summed E-state index contributed by atoms with van der Waals surface area (Å²) in [5.74, 6) is -2.10. The van der Waals surface area contributed by atoms with Gasteiger partial charge in [0.05, 0.1) is 16.9 Å². The Morgan fingerprint density at radius 1 is 0.830 bits per heavy atom. The molecule has 1 N–H and O–H groups in total. The molecule has 0 aromatic heterocycles. The number of aliphatic hydroxyl groups is 1. The number of allylic oxidation sites excluding steroid dienone is 1. The third-order valence-electron chi connectivity index (χ3n) is 6.53. The molecule has 3 atom stereocenters. The van der Waals surface area contributed by atoms with E-state index in [4.69, 9.17) is 28.7 Å². The van der Waals surface area contributed by atoms with Crippen LogP contribution in [0, 0.1) is 22.2 Å². The number of aliphatic hydroxyl groups excluding tert-OH is 1. The minimum absolute atomic E-state index is 0. The lowest BCUT2D eigenvalue weighted by Crippen LogP contribution is -2.37. The second-order valence-electron chi connectivity index (χ2n) is 12.2. The third kappa shape index (κ3) is 22.7. The minimum atomic E-state index is -1.17. The highest BCUT2D eigenvalue weighted by Crippen LogP contribution is 2.39. The summed E-state index contributed by atoms with van der Waals surface area (Å²) in [5, 5.41) is 19.8. The van der Waals surface area contributed by atoms with E-state index in [0.717, 1.165) is 25.7 Å². The van der Waals surface area contributed by atoms with Gasteiger partial charge in [-0.15, -0.1) is 0 Å². The molecule has 0 aromatic carbocycles. The molecule has 0 fully saturated rings. The zero-order valence-corrected chi connectivity index (χ0v) is 27.9. The Kier molecular flexibility index (Phi) is 26.2. The molecule has 0 aromatic rings. The Morgan fingerprint density at radius 3 is 1.91 bits per heavy atom. The lowest BCUT2D eigenvalue weighted by atomic mass is 9.72. The zero-order chi connectivity index (χ0) is 34.5. The van der Waals surface area contributed by atoms with Gasteiger partial charge < -0.3 is 28.9 Å². The topological polar surface area (TPSA) is 168 Å². The fourth-order valence-electron chi connectivity index (χ4n) is 4.21. The summed E-state index contributed by atoms with van der Waals surface area (Å²) in [6, 6.07) is 2.19. The molecule has 47 heavy (non-hydrogen) atoms. The van der Waals surface area contributed by atoms with Gasteiger partial charge in [0, 0.05) is 24.8 Å². The largest absolute Gasteiger partial charge is 0.462 e. The summed E-state index contributed by atoms with van der Waals surface area (Å²) in [5.41, 5.74) is -2.09. The van der Waals surface area contributed by atoms with E-state index in [-0.39, 0.29) is 78.3 Å². The van der Waals surface area contributed by atoms with Crippen molar-refractivity contribution in [2.45, 2.75) is 133 Å². The molecule has 0 bridgehead atoms. The van der Waals surface area contributed by atoms with Crippen LogP contribution in [0.15, 0.2) is 24.5 Å². The average Bonchev–Trinajstić information content (AvgIpc) is 2.96. The standard InChI is InChI=1S/C33H53NO11.2CH4/c1-9-11-13-15-28(36)40-20-27(44-29(37)16-14-12-10-2)21-42-31(39)32(6,7)22-33(8,23-34)17-25(5)45-43-19-26(35)18-41-30(38)24(3)4;;/h26-27,35H,3,5,9-22H2,1-2,4,6-8H3;2*1H4. The van der Waals surface area contributed by atoms with Gasteiger partial charge in [-0.3, -0.25) is 14.4 Å². The van der Waals surface area contributed by atoms with Crippen LogP contribution in [-0.2, 0) is 47.9 Å². The molecule has 0 heterocycles. The van der Waals surface area contributed by atoms with Crippen molar-refractivity contribution in [3.05, 3.63) is 24.5 Å². The van der Waals surface area contributed by atoms with E-state index in [1.54, 1.807) is 20.8 Å². The van der Waals surface area contributed by atoms with Crippen LogP contribution in [-0.4, -0.2) is 67.6 Å². The molecule has 0 amide bonds. The van der Waals surface area contributed by atoms with Crippen molar-refractivity contribution in [3.8, 4) is 6.07 Å². The summed E-state index contributed by atoms with van der Waals surface area (Å²) < 4.78 is 21.1. The summed E-state index contributed by atoms with van der Waals surface area (Å²) in [6.45, 7) is 16.4. The van der Waals surface area contributed by atoms with Crippen LogP contribution in [0.3, 0.4) is 0 Å². The molecule has 0 saturated heterocycles. The van der Waals surface area contributed by atoms with Crippen LogP contribution in [0.1, 0.15) is 121 Å². The number of esters is 4. The molecule has 0 aliphatic heterocycles. The SMILES string of the molecule is C.C.C=C(CC(C)(C#N)CC(C)(C)C(=O)OCC(COC(=O)CCCCC)OC(=O)CCCCC)OOCC(O)COC(=O)C(=C)C. The van der Waals surface area contributed by atoms with E-state index < -0.39 is 46.9 Å². The van der Waals surface area contributed by atoms with Crippen LogP contribution in [0.2, 0.25) is 0 Å². The van der Waals surface area contributed by atoms with E-state index in [1.807, 2.05) is 13.8 Å². The van der Waals surface area contributed by atoms with Crippen molar-refractivity contribution < 1.29 is 53.0 Å². The maximum atomic E-state index is 13.1. The molecule has 272 valence electrons. The Hall–Kier alpha value is -3.43. The van der Waals surface area contributed by atoms with Gasteiger partial charge in [-0.25, -0.2) is 4.79 Å². The van der Waals surface area contributed by atoms with Crippen molar-refractivity contribution in [1.29, 1.82) is 5.26 Å². The van der Waals surface area contributed by atoms with Crippen LogP contribution in [0.25, 0.3) is 0 Å². The fraction of sp³-hybridized carbons (Fsp3) is 0.743. The summed E-state index contributed by atoms with van der Waals surface area (Å²) in [7, 11) is 0. The number of rotatable bonds is 25. The highest BCUT2D eigenvalue weighted by molar-refractivity contribution is 5.86. The van der Waals surface area contributed by atoms with Crippen molar-refractivity contribution >= 4 is 23.9 Å². The van der Waals surface area contributed by atoms with E-state index in [0.29, 0.717) is 12.8 Å². The van der Waals surface area contributed by atoms with Crippen LogP contribution >= 0.6 is 0 Å². The Bertz CT molecular complexity index is 1020. The molecular formula is C35H61NO11. The van der Waals surface area contributed by atoms with Crippen molar-refractivity contribution in [3.63, 3.8) is 0 Å². The molecule has 3 unspecified atom stereocenters. The number of ether oxygens (including phenoxy) is 4. The summed E-state index contributed by atoms with van der Waals surface area (Å²) >= 11 is 0. The smallest absolute Gasteiger partial charge is 0.333 e. The minimum Gasteiger partial charge on any atom is -0.462 e. The molecule has 0 aliphatic carbocycles. The number of carbonyl (C=O) groups is 4. The third-order valence-corrected chi connectivity index (χ3v) is 6.53. The maximum Gasteiger partial charge on any atom is 0.333 e. The predicted molar refractivity (Wildman–Crippen MR) is 178 cm³/mol. The van der Waals surface area contributed by atoms with Crippen LogP contribution in [0.5, 0.6) is 0 Å². The molecule has 12 heteroatoms. The van der Waals surface area contributed by atoms with E-state index in [1.165, 1.54) is 6.92 Å². The van der Waals surface area contributed by atoms with Gasteiger partial charge in [-0.2, -0.15) is 10.1 Å². The van der Waals surface area contributed by atoms with Crippen molar-refractivity contribution in [1.82, 2.24) is 0 Å². The quantitative estimate of drug-likeness (QED) is 0.0208. The highest BCUT2D eigenvalue weighted by atomic mass is 17.2.